The standard InChI is InChI=1S/C70H50N2S/c1-69(2)63-43-50(36-39-54(63)55-40-37-51(44-64(55)69)72-65-29-14-10-23-56(65)57-24-11-15-30-66(57)72)71(48-34-32-45(33-35-48)52-26-17-27-59-58-25-12-16-31-67(58)73-68(52)59)49-38-41-62-60(42-49)53-22-9-13-28-61(53)70(62,46-18-5-3-6-19-46)47-20-7-4-8-21-47/h3-41,43-44,49H,42H2,1-2H3. The number of thiophene rings is 1. The Bertz CT molecular complexity index is 4170. The summed E-state index contributed by atoms with van der Waals surface area (Å²) in [6, 6.07) is 88.7. The van der Waals surface area contributed by atoms with E-state index in [1.807, 2.05) is 11.3 Å². The average Bonchev–Trinajstić information content (AvgIpc) is 4.16. The molecule has 0 N–H and O–H groups in total. The Balaban J connectivity index is 0.873. The molecule has 0 bridgehead atoms. The quantitative estimate of drug-likeness (QED) is 0.155. The lowest BCUT2D eigenvalue weighted by atomic mass is 9.66. The Morgan fingerprint density at radius 1 is 0.466 bits per heavy atom. The van der Waals surface area contributed by atoms with Gasteiger partial charge in [-0.05, 0) is 128 Å². The van der Waals surface area contributed by atoms with Crippen LogP contribution in [0, 0.1) is 0 Å². The van der Waals surface area contributed by atoms with Crippen LogP contribution in [0.3, 0.4) is 0 Å². The van der Waals surface area contributed by atoms with Crippen LogP contribution in [0.25, 0.3) is 75.5 Å². The van der Waals surface area contributed by atoms with E-state index in [-0.39, 0.29) is 11.5 Å². The maximum absolute atomic E-state index is 2.63. The number of para-hydroxylation sites is 2. The fourth-order valence-electron chi connectivity index (χ4n) is 13.4. The van der Waals surface area contributed by atoms with E-state index < -0.39 is 5.41 Å². The van der Waals surface area contributed by atoms with Gasteiger partial charge in [0.1, 0.15) is 0 Å². The summed E-state index contributed by atoms with van der Waals surface area (Å²) in [5.74, 6) is 0. The second-order valence-electron chi connectivity index (χ2n) is 20.7. The predicted octanol–water partition coefficient (Wildman–Crippen LogP) is 18.4. The topological polar surface area (TPSA) is 8.17 Å². The van der Waals surface area contributed by atoms with E-state index in [0.717, 1.165) is 6.42 Å². The lowest BCUT2D eigenvalue weighted by molar-refractivity contribution is 0.659. The van der Waals surface area contributed by atoms with Crippen LogP contribution in [0.5, 0.6) is 0 Å². The normalized spacial score (nSPS) is 16.0. The fraction of sp³-hybridized carbons (Fsp3) is 0.0857. The molecule has 0 saturated carbocycles. The van der Waals surface area contributed by atoms with Crippen LogP contribution in [-0.2, 0) is 10.8 Å². The van der Waals surface area contributed by atoms with Crippen LogP contribution in [0.15, 0.2) is 254 Å². The molecule has 3 aliphatic carbocycles. The second kappa shape index (κ2) is 16.0. The highest BCUT2D eigenvalue weighted by Gasteiger charge is 2.48. The van der Waals surface area contributed by atoms with Gasteiger partial charge in [-0.15, -0.1) is 11.3 Å². The van der Waals surface area contributed by atoms with E-state index in [4.69, 9.17) is 0 Å². The van der Waals surface area contributed by atoms with Crippen LogP contribution < -0.4 is 4.90 Å². The van der Waals surface area contributed by atoms with Crippen molar-refractivity contribution in [2.75, 3.05) is 4.90 Å². The summed E-state index contributed by atoms with van der Waals surface area (Å²) in [4.78, 5) is 2.63. The maximum atomic E-state index is 2.63. The maximum Gasteiger partial charge on any atom is 0.0710 e. The molecular formula is C70H50N2S. The number of fused-ring (bicyclic) bond motifs is 11. The number of nitrogens with zero attached hydrogens (tertiary/aromatic N) is 2. The van der Waals surface area contributed by atoms with Crippen LogP contribution in [0.2, 0.25) is 0 Å². The molecule has 0 aliphatic heterocycles. The summed E-state index contributed by atoms with van der Waals surface area (Å²) in [7, 11) is 0. The summed E-state index contributed by atoms with van der Waals surface area (Å²) in [5, 5.41) is 5.21. The minimum Gasteiger partial charge on any atom is -0.334 e. The molecule has 2 aromatic heterocycles. The first-order chi connectivity index (χ1) is 36.0. The van der Waals surface area contributed by atoms with Crippen molar-refractivity contribution in [2.24, 2.45) is 0 Å². The van der Waals surface area contributed by atoms with Gasteiger partial charge in [-0.25, -0.2) is 0 Å². The SMILES string of the molecule is CC1(C)c2cc(N(c3ccc(-c4cccc5c4sc4ccccc45)cc3)C3C=CC4=C(C3)c3ccccc3C4(c3ccccc3)c3ccccc3)ccc2-c2ccc(-n3c4ccccc4c4ccccc43)cc21. The molecule has 2 nitrogen and oxygen atoms in total. The highest BCUT2D eigenvalue weighted by molar-refractivity contribution is 7.26. The summed E-state index contributed by atoms with van der Waals surface area (Å²) >= 11 is 1.89. The van der Waals surface area contributed by atoms with Gasteiger partial charge in [0.25, 0.3) is 0 Å². The van der Waals surface area contributed by atoms with Crippen molar-refractivity contribution >= 4 is 70.3 Å². The molecule has 2 heterocycles. The van der Waals surface area contributed by atoms with E-state index in [0.29, 0.717) is 0 Å². The summed E-state index contributed by atoms with van der Waals surface area (Å²) in [5.41, 5.74) is 21.3. The Morgan fingerprint density at radius 3 is 1.77 bits per heavy atom. The first-order valence-electron chi connectivity index (χ1n) is 25.7. The van der Waals surface area contributed by atoms with E-state index in [2.05, 4.69) is 272 Å². The molecule has 0 saturated heterocycles. The van der Waals surface area contributed by atoms with E-state index >= 15 is 0 Å². The fourth-order valence-corrected chi connectivity index (χ4v) is 14.6. The smallest absolute Gasteiger partial charge is 0.0710 e. The highest BCUT2D eigenvalue weighted by Crippen LogP contribution is 2.58. The number of hydrogen-bond donors (Lipinski definition) is 0. The van der Waals surface area contributed by atoms with Gasteiger partial charge in [0.05, 0.1) is 22.5 Å². The molecular weight excluding hydrogens is 901 g/mol. The van der Waals surface area contributed by atoms with Gasteiger partial charge in [-0.1, -0.05) is 208 Å². The zero-order valence-corrected chi connectivity index (χ0v) is 41.6. The van der Waals surface area contributed by atoms with Gasteiger partial charge in [-0.3, -0.25) is 0 Å². The van der Waals surface area contributed by atoms with Crippen molar-refractivity contribution in [3.63, 3.8) is 0 Å². The molecule has 15 rings (SSSR count). The Morgan fingerprint density at radius 2 is 1.04 bits per heavy atom. The molecule has 3 heteroatoms. The van der Waals surface area contributed by atoms with Crippen LogP contribution >= 0.6 is 11.3 Å². The first kappa shape index (κ1) is 42.2. The van der Waals surface area contributed by atoms with Gasteiger partial charge in [0.2, 0.25) is 0 Å². The minimum atomic E-state index is -0.433. The zero-order chi connectivity index (χ0) is 48.4. The molecule has 0 amide bonds. The van der Waals surface area contributed by atoms with E-state index in [1.54, 1.807) is 0 Å². The van der Waals surface area contributed by atoms with Crippen molar-refractivity contribution in [1.29, 1.82) is 0 Å². The third-order valence-corrected chi connectivity index (χ3v) is 17.9. The molecule has 10 aromatic carbocycles. The third kappa shape index (κ3) is 6.10. The number of benzene rings is 10. The average molecular weight is 951 g/mol. The number of allylic oxidation sites excluding steroid dienone is 2. The molecule has 12 aromatic rings. The Hall–Kier alpha value is -8.50. The van der Waals surface area contributed by atoms with Crippen molar-refractivity contribution in [1.82, 2.24) is 4.57 Å². The molecule has 1 unspecified atom stereocenters. The van der Waals surface area contributed by atoms with Crippen molar-refractivity contribution < 1.29 is 0 Å². The molecule has 0 spiro atoms. The molecule has 346 valence electrons. The van der Waals surface area contributed by atoms with Crippen molar-refractivity contribution in [3.8, 4) is 27.9 Å². The lowest BCUT2D eigenvalue weighted by Crippen LogP contribution is -2.33. The van der Waals surface area contributed by atoms with Gasteiger partial charge in [0.15, 0.2) is 0 Å². The number of hydrogen-bond acceptors (Lipinski definition) is 2. The van der Waals surface area contributed by atoms with Crippen LogP contribution in [0.1, 0.15) is 53.6 Å². The van der Waals surface area contributed by atoms with Crippen molar-refractivity contribution in [2.45, 2.75) is 37.1 Å². The Labute approximate surface area is 430 Å². The number of anilines is 2. The monoisotopic (exact) mass is 950 g/mol. The Kier molecular flexibility index (Phi) is 9.25. The summed E-state index contributed by atoms with van der Waals surface area (Å²) in [6.45, 7) is 4.84. The van der Waals surface area contributed by atoms with Crippen LogP contribution in [-0.4, -0.2) is 10.6 Å². The summed E-state index contributed by atoms with van der Waals surface area (Å²) in [6.07, 6.45) is 5.84. The third-order valence-electron chi connectivity index (χ3n) is 16.6. The zero-order valence-electron chi connectivity index (χ0n) is 40.8. The minimum absolute atomic E-state index is 0.0397. The van der Waals surface area contributed by atoms with Gasteiger partial charge >= 0.3 is 0 Å². The first-order valence-corrected chi connectivity index (χ1v) is 26.5. The summed E-state index contributed by atoms with van der Waals surface area (Å²) < 4.78 is 5.11. The predicted molar refractivity (Wildman–Crippen MR) is 309 cm³/mol. The van der Waals surface area contributed by atoms with E-state index in [9.17, 15) is 0 Å². The molecule has 73 heavy (non-hydrogen) atoms. The van der Waals surface area contributed by atoms with Gasteiger partial charge in [-0.2, -0.15) is 0 Å². The largest absolute Gasteiger partial charge is 0.334 e. The highest BCUT2D eigenvalue weighted by atomic mass is 32.1. The van der Waals surface area contributed by atoms with Gasteiger partial charge in [0, 0.05) is 53.4 Å². The number of rotatable bonds is 7. The van der Waals surface area contributed by atoms with Gasteiger partial charge < -0.3 is 9.47 Å². The van der Waals surface area contributed by atoms with Crippen LogP contribution in [0.4, 0.5) is 11.4 Å². The second-order valence-corrected chi connectivity index (χ2v) is 21.8. The molecule has 1 atom stereocenters. The lowest BCUT2D eigenvalue weighted by Gasteiger charge is -2.38. The molecule has 3 aliphatic rings. The van der Waals surface area contributed by atoms with Crippen molar-refractivity contribution in [3.05, 3.63) is 288 Å². The number of aromatic nitrogens is 1. The van der Waals surface area contributed by atoms with E-state index in [1.165, 1.54) is 126 Å². The molecule has 0 radical (unpaired) electrons. The molecule has 0 fully saturated rings.